The molecule has 3 heterocycles. The van der Waals surface area contributed by atoms with Gasteiger partial charge in [0.25, 0.3) is 0 Å². The van der Waals surface area contributed by atoms with Crippen molar-refractivity contribution in [3.05, 3.63) is 35.1 Å². The molecule has 1 aliphatic heterocycles. The number of amides is 1. The van der Waals surface area contributed by atoms with Crippen molar-refractivity contribution in [1.82, 2.24) is 20.0 Å². The minimum Gasteiger partial charge on any atom is -0.360 e. The molecule has 7 heteroatoms. The zero-order chi connectivity index (χ0) is 15.5. The van der Waals surface area contributed by atoms with E-state index in [9.17, 15) is 4.79 Å². The normalized spacial score (nSPS) is 14.6. The first-order chi connectivity index (χ1) is 10.6. The zero-order valence-electron chi connectivity index (χ0n) is 12.8. The molecule has 0 spiro atoms. The Balaban J connectivity index is 1.51. The van der Waals surface area contributed by atoms with Crippen LogP contribution in [0.2, 0.25) is 0 Å². The average molecular weight is 301 g/mol. The smallest absolute Gasteiger partial charge is 0.226 e. The molecule has 22 heavy (non-hydrogen) atoms. The van der Waals surface area contributed by atoms with Crippen molar-refractivity contribution < 1.29 is 9.32 Å². The molecule has 0 saturated carbocycles. The molecule has 0 radical (unpaired) electrons. The number of anilines is 1. The third-order valence-electron chi connectivity index (χ3n) is 3.70. The number of hydrogen-bond acceptors (Lipinski definition) is 6. The van der Waals surface area contributed by atoms with Gasteiger partial charge in [0.05, 0.1) is 5.69 Å². The van der Waals surface area contributed by atoms with E-state index < -0.39 is 0 Å². The average Bonchev–Trinajstić information content (AvgIpc) is 2.89. The Morgan fingerprint density at radius 1 is 1.45 bits per heavy atom. The Morgan fingerprint density at radius 2 is 2.32 bits per heavy atom. The maximum absolute atomic E-state index is 11.9. The van der Waals surface area contributed by atoms with E-state index in [1.165, 1.54) is 5.56 Å². The third kappa shape index (κ3) is 3.48. The van der Waals surface area contributed by atoms with E-state index in [1.54, 1.807) is 13.0 Å². The molecule has 0 saturated heterocycles. The van der Waals surface area contributed by atoms with Gasteiger partial charge in [-0.3, -0.25) is 9.69 Å². The summed E-state index contributed by atoms with van der Waals surface area (Å²) in [5.74, 6) is 1.88. The zero-order valence-corrected chi connectivity index (χ0v) is 12.8. The van der Waals surface area contributed by atoms with Crippen LogP contribution in [0.25, 0.3) is 0 Å². The van der Waals surface area contributed by atoms with Gasteiger partial charge in [0.2, 0.25) is 5.91 Å². The number of nitrogens with zero attached hydrogens (tertiary/aromatic N) is 4. The Hall–Kier alpha value is -2.28. The van der Waals surface area contributed by atoms with Crippen molar-refractivity contribution in [3.63, 3.8) is 0 Å². The van der Waals surface area contributed by atoms with Crippen molar-refractivity contribution in [2.24, 2.45) is 0 Å². The summed E-state index contributed by atoms with van der Waals surface area (Å²) < 4.78 is 4.92. The highest BCUT2D eigenvalue weighted by Crippen LogP contribution is 2.16. The highest BCUT2D eigenvalue weighted by atomic mass is 16.5. The van der Waals surface area contributed by atoms with Crippen molar-refractivity contribution >= 4 is 11.7 Å². The van der Waals surface area contributed by atoms with Crippen LogP contribution in [0.15, 0.2) is 16.8 Å². The lowest BCUT2D eigenvalue weighted by molar-refractivity contribution is -0.116. The van der Waals surface area contributed by atoms with Crippen LogP contribution in [-0.4, -0.2) is 39.0 Å². The molecule has 1 aliphatic rings. The second-order valence-electron chi connectivity index (χ2n) is 5.54. The molecule has 0 atom stereocenters. The maximum Gasteiger partial charge on any atom is 0.226 e. The summed E-state index contributed by atoms with van der Waals surface area (Å²) in [6.07, 6.45) is 3.26. The van der Waals surface area contributed by atoms with Crippen LogP contribution in [0.1, 0.15) is 29.3 Å². The van der Waals surface area contributed by atoms with Gasteiger partial charge in [-0.1, -0.05) is 5.16 Å². The van der Waals surface area contributed by atoms with Crippen LogP contribution in [0.3, 0.4) is 0 Å². The third-order valence-corrected chi connectivity index (χ3v) is 3.70. The Kier molecular flexibility index (Phi) is 4.15. The van der Waals surface area contributed by atoms with Crippen molar-refractivity contribution in [2.75, 3.05) is 18.4 Å². The topological polar surface area (TPSA) is 84.2 Å². The fourth-order valence-corrected chi connectivity index (χ4v) is 2.54. The number of rotatable bonds is 4. The molecule has 0 unspecified atom stereocenters. The van der Waals surface area contributed by atoms with Gasteiger partial charge < -0.3 is 9.84 Å². The maximum atomic E-state index is 11.9. The largest absolute Gasteiger partial charge is 0.360 e. The lowest BCUT2D eigenvalue weighted by atomic mass is 10.1. The monoisotopic (exact) mass is 301 g/mol. The van der Waals surface area contributed by atoms with Crippen molar-refractivity contribution in [1.29, 1.82) is 0 Å². The number of hydrogen-bond donors (Lipinski definition) is 1. The number of aryl methyl sites for hydroxylation is 2. The number of aromatic nitrogens is 3. The molecule has 0 fully saturated rings. The van der Waals surface area contributed by atoms with Crippen LogP contribution >= 0.6 is 0 Å². The van der Waals surface area contributed by atoms with E-state index in [-0.39, 0.29) is 5.91 Å². The van der Waals surface area contributed by atoms with E-state index in [1.807, 2.05) is 13.1 Å². The Labute approximate surface area is 128 Å². The first-order valence-electron chi connectivity index (χ1n) is 7.37. The summed E-state index contributed by atoms with van der Waals surface area (Å²) in [4.78, 5) is 22.9. The summed E-state index contributed by atoms with van der Waals surface area (Å²) >= 11 is 0. The SMILES string of the molecule is Cc1ncc2c(n1)CN(CCC(=O)Nc1cc(C)on1)CC2. The van der Waals surface area contributed by atoms with E-state index in [0.29, 0.717) is 24.5 Å². The van der Waals surface area contributed by atoms with E-state index in [2.05, 4.69) is 25.3 Å². The van der Waals surface area contributed by atoms with Gasteiger partial charge in [-0.15, -0.1) is 0 Å². The van der Waals surface area contributed by atoms with Crippen molar-refractivity contribution in [2.45, 2.75) is 33.2 Å². The summed E-state index contributed by atoms with van der Waals surface area (Å²) in [6.45, 7) is 6.08. The van der Waals surface area contributed by atoms with E-state index in [4.69, 9.17) is 4.52 Å². The quantitative estimate of drug-likeness (QED) is 0.920. The number of carbonyl (C=O) groups excluding carboxylic acids is 1. The number of carbonyl (C=O) groups is 1. The molecule has 0 bridgehead atoms. The molecular weight excluding hydrogens is 282 g/mol. The molecule has 0 aromatic carbocycles. The molecule has 2 aromatic heterocycles. The van der Waals surface area contributed by atoms with Gasteiger partial charge in [-0.2, -0.15) is 0 Å². The van der Waals surface area contributed by atoms with Crippen LogP contribution in [0, 0.1) is 13.8 Å². The van der Waals surface area contributed by atoms with E-state index in [0.717, 1.165) is 31.0 Å². The second-order valence-corrected chi connectivity index (χ2v) is 5.54. The molecule has 7 nitrogen and oxygen atoms in total. The first kappa shape index (κ1) is 14.6. The summed E-state index contributed by atoms with van der Waals surface area (Å²) in [6, 6.07) is 1.70. The van der Waals surface area contributed by atoms with Crippen LogP contribution in [-0.2, 0) is 17.8 Å². The van der Waals surface area contributed by atoms with Gasteiger partial charge in [-0.25, -0.2) is 9.97 Å². The standard InChI is InChI=1S/C15H19N5O2/c1-10-7-14(19-22-10)18-15(21)4-6-20-5-3-12-8-16-11(2)17-13(12)9-20/h7-8H,3-6,9H2,1-2H3,(H,18,19,21). The fraction of sp³-hybridized carbons (Fsp3) is 0.467. The lowest BCUT2D eigenvalue weighted by Gasteiger charge is -2.27. The molecule has 2 aromatic rings. The molecule has 3 rings (SSSR count). The van der Waals surface area contributed by atoms with Crippen LogP contribution in [0.4, 0.5) is 5.82 Å². The van der Waals surface area contributed by atoms with Crippen molar-refractivity contribution in [3.8, 4) is 0 Å². The van der Waals surface area contributed by atoms with Crippen LogP contribution < -0.4 is 5.32 Å². The second kappa shape index (κ2) is 6.23. The highest BCUT2D eigenvalue weighted by molar-refractivity contribution is 5.89. The van der Waals surface area contributed by atoms with Gasteiger partial charge in [-0.05, 0) is 25.8 Å². The van der Waals surface area contributed by atoms with Crippen LogP contribution in [0.5, 0.6) is 0 Å². The molecular formula is C15H19N5O2. The molecule has 1 N–H and O–H groups in total. The van der Waals surface area contributed by atoms with E-state index >= 15 is 0 Å². The Bertz CT molecular complexity index is 682. The fourth-order valence-electron chi connectivity index (χ4n) is 2.54. The number of fused-ring (bicyclic) bond motifs is 1. The van der Waals surface area contributed by atoms with Gasteiger partial charge in [0.15, 0.2) is 5.82 Å². The minimum absolute atomic E-state index is 0.0574. The lowest BCUT2D eigenvalue weighted by Crippen LogP contribution is -2.34. The van der Waals surface area contributed by atoms with Gasteiger partial charge in [0.1, 0.15) is 11.6 Å². The predicted molar refractivity (Wildman–Crippen MR) is 80.2 cm³/mol. The minimum atomic E-state index is -0.0574. The molecule has 1 amide bonds. The molecule has 0 aliphatic carbocycles. The van der Waals surface area contributed by atoms with Gasteiger partial charge in [0, 0.05) is 38.3 Å². The summed E-state index contributed by atoms with van der Waals surface area (Å²) in [5, 5.41) is 6.49. The predicted octanol–water partition coefficient (Wildman–Crippen LogP) is 1.47. The van der Waals surface area contributed by atoms with Gasteiger partial charge >= 0.3 is 0 Å². The highest BCUT2D eigenvalue weighted by Gasteiger charge is 2.18. The Morgan fingerprint density at radius 3 is 3.09 bits per heavy atom. The number of nitrogens with one attached hydrogen (secondary N) is 1. The first-order valence-corrected chi connectivity index (χ1v) is 7.37. The molecule has 116 valence electrons. The summed E-state index contributed by atoms with van der Waals surface area (Å²) in [5.41, 5.74) is 2.29. The summed E-state index contributed by atoms with van der Waals surface area (Å²) in [7, 11) is 0.